The molecule has 2 heterocycles. The third-order valence-corrected chi connectivity index (χ3v) is 6.41. The fraction of sp³-hybridized carbons (Fsp3) is 0.600. The molecule has 1 aromatic rings. The largest absolute Gasteiger partial charge is 0.310 e. The Morgan fingerprint density at radius 3 is 2.84 bits per heavy atom. The van der Waals surface area contributed by atoms with Gasteiger partial charge in [-0.15, -0.1) is 0 Å². The second kappa shape index (κ2) is 4.23. The van der Waals surface area contributed by atoms with Gasteiger partial charge in [-0.2, -0.15) is 11.8 Å². The highest BCUT2D eigenvalue weighted by atomic mass is 32.2. The number of amides is 1. The van der Waals surface area contributed by atoms with Crippen molar-refractivity contribution in [1.29, 1.82) is 0 Å². The molecule has 1 spiro atoms. The van der Waals surface area contributed by atoms with Gasteiger partial charge in [0.25, 0.3) is 0 Å². The number of fused-ring (bicyclic) bond motifs is 1. The average Bonchev–Trinajstić information content (AvgIpc) is 2.72. The predicted molar refractivity (Wildman–Crippen MR) is 77.4 cm³/mol. The molecule has 3 aliphatic rings. The minimum atomic E-state index is 0.174. The van der Waals surface area contributed by atoms with Crippen molar-refractivity contribution in [3.05, 3.63) is 23.4 Å². The predicted octanol–water partition coefficient (Wildman–Crippen LogP) is 2.65. The number of carbonyl (C=O) groups excluding carboxylic acids is 1. The molecule has 0 radical (unpaired) electrons. The van der Waals surface area contributed by atoms with E-state index in [9.17, 15) is 4.79 Å². The van der Waals surface area contributed by atoms with Crippen LogP contribution in [-0.2, 0) is 17.6 Å². The van der Waals surface area contributed by atoms with E-state index in [1.54, 1.807) is 0 Å². The van der Waals surface area contributed by atoms with Gasteiger partial charge in [-0.3, -0.25) is 4.79 Å². The van der Waals surface area contributed by atoms with Crippen LogP contribution in [0, 0.1) is 11.3 Å². The first-order valence-electron chi connectivity index (χ1n) is 7.11. The van der Waals surface area contributed by atoms with Gasteiger partial charge in [0.15, 0.2) is 0 Å². The van der Waals surface area contributed by atoms with Crippen LogP contribution in [0.2, 0.25) is 0 Å². The maximum absolute atomic E-state index is 12.2. The van der Waals surface area contributed by atoms with Gasteiger partial charge >= 0.3 is 0 Å². The highest BCUT2D eigenvalue weighted by Gasteiger charge is 2.51. The number of nitrogens with one attached hydrogen (secondary N) is 1. The maximum Gasteiger partial charge on any atom is 0.228 e. The number of aryl methyl sites for hydroxylation is 2. The van der Waals surface area contributed by atoms with Crippen LogP contribution in [0.3, 0.4) is 0 Å². The Bertz CT molecular complexity index is 531. The number of nitrogens with zero attached hydrogens (tertiary/aromatic N) is 1. The summed E-state index contributed by atoms with van der Waals surface area (Å²) in [6, 6.07) is 2.06. The molecule has 1 saturated heterocycles. The number of carbonyl (C=O) groups is 1. The molecule has 100 valence electrons. The zero-order chi connectivity index (χ0) is 12.9. The Hall–Kier alpha value is -1.03. The topological polar surface area (TPSA) is 42.0 Å². The molecule has 0 aromatic carbocycles. The first kappa shape index (κ1) is 11.8. The number of thioether (sulfide) groups is 1. The SMILES string of the molecule is O=C(Nc1cc2c(cn1)CCC2)C1CC2(CSC2)C1. The van der Waals surface area contributed by atoms with Crippen LogP contribution in [0.25, 0.3) is 0 Å². The lowest BCUT2D eigenvalue weighted by Crippen LogP contribution is -2.51. The monoisotopic (exact) mass is 274 g/mol. The molecule has 1 N–H and O–H groups in total. The number of anilines is 1. The zero-order valence-electron chi connectivity index (χ0n) is 10.9. The van der Waals surface area contributed by atoms with E-state index in [0.717, 1.165) is 31.5 Å². The molecule has 1 saturated carbocycles. The molecule has 3 nitrogen and oxygen atoms in total. The van der Waals surface area contributed by atoms with Gasteiger partial charge in [0.1, 0.15) is 5.82 Å². The van der Waals surface area contributed by atoms with Crippen LogP contribution in [-0.4, -0.2) is 22.4 Å². The minimum absolute atomic E-state index is 0.174. The van der Waals surface area contributed by atoms with Crippen molar-refractivity contribution in [2.24, 2.45) is 11.3 Å². The van der Waals surface area contributed by atoms with Crippen LogP contribution < -0.4 is 5.32 Å². The normalized spacial score (nSPS) is 23.6. The lowest BCUT2D eigenvalue weighted by Gasteiger charge is -2.52. The molecule has 1 aromatic heterocycles. The van der Waals surface area contributed by atoms with Gasteiger partial charge < -0.3 is 5.32 Å². The van der Waals surface area contributed by atoms with Crippen molar-refractivity contribution < 1.29 is 4.79 Å². The van der Waals surface area contributed by atoms with Crippen molar-refractivity contribution in [2.75, 3.05) is 16.8 Å². The lowest BCUT2D eigenvalue weighted by atomic mass is 9.63. The van der Waals surface area contributed by atoms with Gasteiger partial charge in [0, 0.05) is 12.1 Å². The molecule has 0 atom stereocenters. The second-order valence-electron chi connectivity index (χ2n) is 6.28. The van der Waals surface area contributed by atoms with Crippen LogP contribution >= 0.6 is 11.8 Å². The molecule has 1 amide bonds. The number of pyridine rings is 1. The third-order valence-electron chi connectivity index (χ3n) is 4.77. The van der Waals surface area contributed by atoms with E-state index in [0.29, 0.717) is 5.41 Å². The zero-order valence-corrected chi connectivity index (χ0v) is 11.8. The Morgan fingerprint density at radius 1 is 1.32 bits per heavy atom. The Morgan fingerprint density at radius 2 is 2.11 bits per heavy atom. The summed E-state index contributed by atoms with van der Waals surface area (Å²) in [5.41, 5.74) is 3.25. The van der Waals surface area contributed by atoms with Crippen molar-refractivity contribution in [3.8, 4) is 0 Å². The first-order valence-corrected chi connectivity index (χ1v) is 8.26. The summed E-state index contributed by atoms with van der Waals surface area (Å²) >= 11 is 2.01. The van der Waals surface area contributed by atoms with E-state index in [-0.39, 0.29) is 11.8 Å². The summed E-state index contributed by atoms with van der Waals surface area (Å²) in [5.74, 6) is 3.65. The molecular formula is C15H18N2OS. The number of hydrogen-bond donors (Lipinski definition) is 1. The summed E-state index contributed by atoms with van der Waals surface area (Å²) in [5, 5.41) is 3.00. The molecular weight excluding hydrogens is 256 g/mol. The van der Waals surface area contributed by atoms with Crippen LogP contribution in [0.5, 0.6) is 0 Å². The molecule has 0 bridgehead atoms. The first-order chi connectivity index (χ1) is 9.24. The van der Waals surface area contributed by atoms with Gasteiger partial charge in [-0.25, -0.2) is 4.98 Å². The van der Waals surface area contributed by atoms with Crippen molar-refractivity contribution in [2.45, 2.75) is 32.1 Å². The van der Waals surface area contributed by atoms with Crippen molar-refractivity contribution in [1.82, 2.24) is 4.98 Å². The number of rotatable bonds is 2. The van der Waals surface area contributed by atoms with Gasteiger partial charge in [-0.1, -0.05) is 0 Å². The molecule has 1 aliphatic heterocycles. The Balaban J connectivity index is 1.40. The number of hydrogen-bond acceptors (Lipinski definition) is 3. The summed E-state index contributed by atoms with van der Waals surface area (Å²) in [4.78, 5) is 16.5. The summed E-state index contributed by atoms with van der Waals surface area (Å²) in [7, 11) is 0. The summed E-state index contributed by atoms with van der Waals surface area (Å²) in [6.45, 7) is 0. The smallest absolute Gasteiger partial charge is 0.228 e. The molecule has 2 aliphatic carbocycles. The molecule has 4 heteroatoms. The fourth-order valence-electron chi connectivity index (χ4n) is 3.55. The molecule has 0 unspecified atom stereocenters. The fourth-order valence-corrected chi connectivity index (χ4v) is 4.80. The van der Waals surface area contributed by atoms with E-state index in [4.69, 9.17) is 0 Å². The molecule has 4 rings (SSSR count). The second-order valence-corrected chi connectivity index (χ2v) is 7.26. The van der Waals surface area contributed by atoms with E-state index >= 15 is 0 Å². The van der Waals surface area contributed by atoms with Gasteiger partial charge in [0.05, 0.1) is 0 Å². The van der Waals surface area contributed by atoms with E-state index in [2.05, 4.69) is 16.4 Å². The lowest BCUT2D eigenvalue weighted by molar-refractivity contribution is -0.126. The highest BCUT2D eigenvalue weighted by Crippen LogP contribution is 2.56. The van der Waals surface area contributed by atoms with Crippen LogP contribution in [0.15, 0.2) is 12.3 Å². The van der Waals surface area contributed by atoms with Gasteiger partial charge in [-0.05, 0) is 66.2 Å². The van der Waals surface area contributed by atoms with Gasteiger partial charge in [0.2, 0.25) is 5.91 Å². The molecule has 19 heavy (non-hydrogen) atoms. The highest BCUT2D eigenvalue weighted by molar-refractivity contribution is 8.00. The third kappa shape index (κ3) is 1.97. The summed E-state index contributed by atoms with van der Waals surface area (Å²) in [6.07, 6.45) is 7.58. The Labute approximate surface area is 117 Å². The maximum atomic E-state index is 12.2. The van der Waals surface area contributed by atoms with E-state index in [1.165, 1.54) is 29.1 Å². The number of aromatic nitrogens is 1. The minimum Gasteiger partial charge on any atom is -0.310 e. The van der Waals surface area contributed by atoms with Crippen LogP contribution in [0.4, 0.5) is 5.82 Å². The van der Waals surface area contributed by atoms with E-state index in [1.807, 2.05) is 18.0 Å². The summed E-state index contributed by atoms with van der Waals surface area (Å²) < 4.78 is 0. The molecule has 2 fully saturated rings. The van der Waals surface area contributed by atoms with Crippen LogP contribution in [0.1, 0.15) is 30.4 Å². The van der Waals surface area contributed by atoms with E-state index < -0.39 is 0 Å². The quantitative estimate of drug-likeness (QED) is 0.901. The standard InChI is InChI=1S/C15H18N2OS/c18-14(12-5-15(6-12)8-19-9-15)17-13-4-10-2-1-3-11(10)7-16-13/h4,7,12H,1-3,5-6,8-9H2,(H,16,17,18). The average molecular weight is 274 g/mol. The van der Waals surface area contributed by atoms with Crippen molar-refractivity contribution >= 4 is 23.5 Å². The Kier molecular flexibility index (Phi) is 2.62. The van der Waals surface area contributed by atoms with Crippen molar-refractivity contribution in [3.63, 3.8) is 0 Å².